The maximum Gasteiger partial charge on any atom is 0.262 e. The van der Waals surface area contributed by atoms with Crippen molar-refractivity contribution < 1.29 is 23.5 Å². The monoisotopic (exact) mass is 569 g/mol. The van der Waals surface area contributed by atoms with Gasteiger partial charge in [0.2, 0.25) is 5.91 Å². The van der Waals surface area contributed by atoms with Crippen LogP contribution in [0.25, 0.3) is 10.9 Å². The van der Waals surface area contributed by atoms with Crippen LogP contribution in [-0.2, 0) is 11.2 Å². The average molecular weight is 570 g/mol. The Morgan fingerprint density at radius 3 is 2.32 bits per heavy atom. The zero-order valence-corrected chi connectivity index (χ0v) is 23.0. The first kappa shape index (κ1) is 27.6. The molecule has 1 heterocycles. The molecule has 4 aromatic carbocycles. The minimum absolute atomic E-state index is 0.0652. The number of hydrogen-bond donors (Lipinski definition) is 2. The minimum atomic E-state index is -0.460. The van der Waals surface area contributed by atoms with Crippen molar-refractivity contribution in [2.24, 2.45) is 0 Å². The number of para-hydroxylation sites is 1. The summed E-state index contributed by atoms with van der Waals surface area (Å²) < 4.78 is 20.2. The summed E-state index contributed by atoms with van der Waals surface area (Å²) in [5, 5.41) is 6.76. The normalized spacial score (nSPS) is 10.8. The maximum atomic E-state index is 13.5. The third-order valence-corrected chi connectivity index (χ3v) is 6.97. The second-order valence-corrected chi connectivity index (χ2v) is 9.76. The second kappa shape index (κ2) is 11.7. The van der Waals surface area contributed by atoms with Gasteiger partial charge in [0.05, 0.1) is 30.3 Å². The first-order valence-corrected chi connectivity index (χ1v) is 13.1. The van der Waals surface area contributed by atoms with Gasteiger partial charge in [0.25, 0.3) is 11.8 Å². The van der Waals surface area contributed by atoms with Gasteiger partial charge in [-0.25, -0.2) is 4.39 Å². The van der Waals surface area contributed by atoms with E-state index in [1.165, 1.54) is 24.3 Å². The van der Waals surface area contributed by atoms with Gasteiger partial charge in [-0.3, -0.25) is 19.0 Å². The van der Waals surface area contributed by atoms with Gasteiger partial charge in [-0.2, -0.15) is 0 Å². The SMILES string of the molecule is COc1ccc2c(c1)c(CC(=O)Nc1ccccc1C(=O)Nc1ccc(F)cc1)c(C)n2C(=O)c1ccc(Cl)cc1. The van der Waals surface area contributed by atoms with Gasteiger partial charge in [-0.15, -0.1) is 0 Å². The fraction of sp³-hybridized carbons (Fsp3) is 0.0938. The zero-order chi connectivity index (χ0) is 29.1. The quantitative estimate of drug-likeness (QED) is 0.224. The lowest BCUT2D eigenvalue weighted by atomic mass is 10.1. The number of rotatable bonds is 7. The molecule has 1 aromatic heterocycles. The van der Waals surface area contributed by atoms with Gasteiger partial charge < -0.3 is 15.4 Å². The molecule has 0 radical (unpaired) electrons. The standard InChI is InChI=1S/C32H25ClFN3O4/c1-19-26(27-17-24(41-2)15-16-29(27)37(19)32(40)20-7-9-21(33)10-8-20)18-30(38)36-28-6-4-3-5-25(28)31(39)35-23-13-11-22(34)12-14-23/h3-17H,18H2,1-2H3,(H,35,39)(H,36,38). The molecule has 0 saturated heterocycles. The number of hydrogen-bond acceptors (Lipinski definition) is 4. The Morgan fingerprint density at radius 1 is 0.902 bits per heavy atom. The number of anilines is 2. The maximum absolute atomic E-state index is 13.5. The van der Waals surface area contributed by atoms with Crippen LogP contribution in [0, 0.1) is 12.7 Å². The molecule has 5 rings (SSSR count). The highest BCUT2D eigenvalue weighted by molar-refractivity contribution is 6.30. The molecule has 0 aliphatic rings. The number of amides is 2. The summed E-state index contributed by atoms with van der Waals surface area (Å²) in [4.78, 5) is 39.9. The van der Waals surface area contributed by atoms with E-state index in [4.69, 9.17) is 16.3 Å². The molecule has 0 fully saturated rings. The van der Waals surface area contributed by atoms with Crippen LogP contribution in [0.5, 0.6) is 5.75 Å². The van der Waals surface area contributed by atoms with Crippen molar-refractivity contribution in [1.82, 2.24) is 4.57 Å². The molecule has 0 atom stereocenters. The van der Waals surface area contributed by atoms with Gasteiger partial charge in [0, 0.05) is 27.4 Å². The van der Waals surface area contributed by atoms with E-state index in [-0.39, 0.29) is 23.8 Å². The number of ether oxygens (including phenoxy) is 1. The van der Waals surface area contributed by atoms with Crippen LogP contribution in [0.1, 0.15) is 32.0 Å². The Balaban J connectivity index is 1.45. The number of carbonyl (C=O) groups is 3. The summed E-state index contributed by atoms with van der Waals surface area (Å²) >= 11 is 6.01. The molecule has 2 amide bonds. The van der Waals surface area contributed by atoms with Crippen molar-refractivity contribution >= 4 is 51.6 Å². The van der Waals surface area contributed by atoms with Crippen LogP contribution in [0.2, 0.25) is 5.02 Å². The van der Waals surface area contributed by atoms with Crippen LogP contribution in [0.15, 0.2) is 91.0 Å². The zero-order valence-electron chi connectivity index (χ0n) is 22.2. The molecular weight excluding hydrogens is 545 g/mol. The van der Waals surface area contributed by atoms with Crippen molar-refractivity contribution in [3.8, 4) is 5.75 Å². The molecule has 0 spiro atoms. The molecule has 5 aromatic rings. The van der Waals surface area contributed by atoms with Crippen LogP contribution < -0.4 is 15.4 Å². The summed E-state index contributed by atoms with van der Waals surface area (Å²) in [5.74, 6) is -0.934. The fourth-order valence-corrected chi connectivity index (χ4v) is 4.80. The number of aromatic nitrogens is 1. The number of benzene rings is 4. The number of nitrogens with zero attached hydrogens (tertiary/aromatic N) is 1. The van der Waals surface area contributed by atoms with Crippen molar-refractivity contribution in [2.45, 2.75) is 13.3 Å². The van der Waals surface area contributed by atoms with Crippen molar-refractivity contribution in [3.63, 3.8) is 0 Å². The predicted molar refractivity (Wildman–Crippen MR) is 158 cm³/mol. The molecule has 0 aliphatic carbocycles. The molecule has 9 heteroatoms. The smallest absolute Gasteiger partial charge is 0.262 e. The molecule has 206 valence electrons. The molecule has 2 N–H and O–H groups in total. The van der Waals surface area contributed by atoms with Gasteiger partial charge in [-0.1, -0.05) is 23.7 Å². The summed E-state index contributed by atoms with van der Waals surface area (Å²) in [6, 6.07) is 23.9. The Labute approximate surface area is 240 Å². The molecule has 0 bridgehead atoms. The molecule has 41 heavy (non-hydrogen) atoms. The van der Waals surface area contributed by atoms with Crippen molar-refractivity contribution in [2.75, 3.05) is 17.7 Å². The van der Waals surface area contributed by atoms with E-state index in [1.807, 2.05) is 0 Å². The number of methoxy groups -OCH3 is 1. The molecule has 7 nitrogen and oxygen atoms in total. The number of nitrogens with one attached hydrogen (secondary N) is 2. The first-order valence-electron chi connectivity index (χ1n) is 12.7. The molecule has 0 unspecified atom stereocenters. The van der Waals surface area contributed by atoms with E-state index in [9.17, 15) is 18.8 Å². The highest BCUT2D eigenvalue weighted by Gasteiger charge is 2.23. The van der Waals surface area contributed by atoms with E-state index in [2.05, 4.69) is 10.6 Å². The number of halogens is 2. The second-order valence-electron chi connectivity index (χ2n) is 9.33. The number of fused-ring (bicyclic) bond motifs is 1. The lowest BCUT2D eigenvalue weighted by Gasteiger charge is -2.12. The van der Waals surface area contributed by atoms with E-state index in [1.54, 1.807) is 85.3 Å². The van der Waals surface area contributed by atoms with Crippen LogP contribution in [0.4, 0.5) is 15.8 Å². The third kappa shape index (κ3) is 5.83. The van der Waals surface area contributed by atoms with Gasteiger partial charge in [0.1, 0.15) is 11.6 Å². The fourth-order valence-electron chi connectivity index (χ4n) is 4.67. The molecule has 0 aliphatic heterocycles. The Bertz CT molecular complexity index is 1780. The lowest BCUT2D eigenvalue weighted by molar-refractivity contribution is -0.115. The van der Waals surface area contributed by atoms with Crippen LogP contribution in [-0.4, -0.2) is 29.4 Å². The summed E-state index contributed by atoms with van der Waals surface area (Å²) in [6.45, 7) is 1.78. The highest BCUT2D eigenvalue weighted by atomic mass is 35.5. The van der Waals surface area contributed by atoms with E-state index in [0.717, 1.165) is 0 Å². The average Bonchev–Trinajstić information content (AvgIpc) is 3.24. The Hall–Kier alpha value is -4.95. The molecular formula is C32H25ClFN3O4. The van der Waals surface area contributed by atoms with Crippen molar-refractivity contribution in [3.05, 3.63) is 124 Å². The Kier molecular flexibility index (Phi) is 7.85. The van der Waals surface area contributed by atoms with E-state index in [0.29, 0.717) is 49.9 Å². The lowest BCUT2D eigenvalue weighted by Crippen LogP contribution is -2.20. The number of carbonyl (C=O) groups excluding carboxylic acids is 3. The Morgan fingerprint density at radius 2 is 1.61 bits per heavy atom. The third-order valence-electron chi connectivity index (χ3n) is 6.72. The van der Waals surface area contributed by atoms with Gasteiger partial charge in [0.15, 0.2) is 0 Å². The summed E-state index contributed by atoms with van der Waals surface area (Å²) in [6.07, 6.45) is -0.0652. The van der Waals surface area contributed by atoms with Gasteiger partial charge >= 0.3 is 0 Å². The van der Waals surface area contributed by atoms with E-state index >= 15 is 0 Å². The van der Waals surface area contributed by atoms with Crippen LogP contribution >= 0.6 is 11.6 Å². The molecule has 0 saturated carbocycles. The van der Waals surface area contributed by atoms with Crippen LogP contribution in [0.3, 0.4) is 0 Å². The highest BCUT2D eigenvalue weighted by Crippen LogP contribution is 2.31. The van der Waals surface area contributed by atoms with Gasteiger partial charge in [-0.05, 0) is 91.3 Å². The minimum Gasteiger partial charge on any atom is -0.497 e. The predicted octanol–water partition coefficient (Wildman–Crippen LogP) is 6.87. The largest absolute Gasteiger partial charge is 0.497 e. The first-order chi connectivity index (χ1) is 19.7. The van der Waals surface area contributed by atoms with Crippen molar-refractivity contribution in [1.29, 1.82) is 0 Å². The summed E-state index contributed by atoms with van der Waals surface area (Å²) in [7, 11) is 1.55. The summed E-state index contributed by atoms with van der Waals surface area (Å²) in [5.41, 5.74) is 3.29. The van der Waals surface area contributed by atoms with E-state index < -0.39 is 11.7 Å². The topological polar surface area (TPSA) is 89.4 Å².